The molecule has 0 saturated carbocycles. The summed E-state index contributed by atoms with van der Waals surface area (Å²) in [5.74, 6) is 0.972. The van der Waals surface area contributed by atoms with Gasteiger partial charge in [0, 0.05) is 29.4 Å². The number of ether oxygens (including phenoxy) is 2. The number of anilines is 1. The summed E-state index contributed by atoms with van der Waals surface area (Å²) in [5, 5.41) is 15.3. The van der Waals surface area contributed by atoms with Gasteiger partial charge in [0.15, 0.2) is 0 Å². The zero-order valence-electron chi connectivity index (χ0n) is 14.4. The summed E-state index contributed by atoms with van der Waals surface area (Å²) in [5.41, 5.74) is 1.50. The van der Waals surface area contributed by atoms with Gasteiger partial charge in [0.05, 0.1) is 16.9 Å². The topological polar surface area (TPSA) is 90.7 Å². The van der Waals surface area contributed by atoms with Crippen molar-refractivity contribution in [1.82, 2.24) is 0 Å². The highest BCUT2D eigenvalue weighted by atomic mass is 32.1. The lowest BCUT2D eigenvalue weighted by atomic mass is 10.2. The van der Waals surface area contributed by atoms with Gasteiger partial charge in [0.25, 0.3) is 11.6 Å². The van der Waals surface area contributed by atoms with Crippen molar-refractivity contribution in [2.45, 2.75) is 6.61 Å². The average molecular weight is 384 g/mol. The van der Waals surface area contributed by atoms with Crippen LogP contribution in [0.4, 0.5) is 11.4 Å². The first-order chi connectivity index (χ1) is 13.0. The predicted octanol–water partition coefficient (Wildman–Crippen LogP) is 4.50. The number of hydrogen-bond donors (Lipinski definition) is 1. The summed E-state index contributed by atoms with van der Waals surface area (Å²) < 4.78 is 10.7. The maximum absolute atomic E-state index is 12.4. The third-order valence-electron chi connectivity index (χ3n) is 3.66. The number of methoxy groups -OCH3 is 1. The molecule has 1 heterocycles. The molecule has 0 aliphatic heterocycles. The minimum Gasteiger partial charge on any atom is -0.497 e. The van der Waals surface area contributed by atoms with E-state index in [1.807, 2.05) is 5.38 Å². The Morgan fingerprint density at radius 1 is 1.15 bits per heavy atom. The van der Waals surface area contributed by atoms with Crippen molar-refractivity contribution in [2.75, 3.05) is 12.4 Å². The number of nitrogens with one attached hydrogen (secondary N) is 1. The van der Waals surface area contributed by atoms with E-state index in [1.54, 1.807) is 49.6 Å². The number of non-ortho nitro benzene ring substituents is 1. The van der Waals surface area contributed by atoms with Crippen LogP contribution >= 0.6 is 11.3 Å². The molecule has 2 aromatic carbocycles. The second-order valence-electron chi connectivity index (χ2n) is 5.54. The van der Waals surface area contributed by atoms with Crippen LogP contribution < -0.4 is 14.8 Å². The lowest BCUT2D eigenvalue weighted by Gasteiger charge is -2.06. The smallest absolute Gasteiger partial charge is 0.269 e. The van der Waals surface area contributed by atoms with E-state index in [0.29, 0.717) is 22.1 Å². The Kier molecular flexibility index (Phi) is 5.68. The van der Waals surface area contributed by atoms with Crippen LogP contribution in [0.2, 0.25) is 0 Å². The van der Waals surface area contributed by atoms with Gasteiger partial charge in [-0.3, -0.25) is 14.9 Å². The molecule has 0 spiro atoms. The Hall–Kier alpha value is -3.39. The van der Waals surface area contributed by atoms with E-state index in [4.69, 9.17) is 9.47 Å². The van der Waals surface area contributed by atoms with E-state index < -0.39 is 4.92 Å². The van der Waals surface area contributed by atoms with E-state index in [0.717, 1.165) is 5.56 Å². The molecule has 0 fully saturated rings. The molecule has 0 bridgehead atoms. The fourth-order valence-corrected chi connectivity index (χ4v) is 3.09. The number of benzene rings is 2. The van der Waals surface area contributed by atoms with Gasteiger partial charge < -0.3 is 14.8 Å². The summed E-state index contributed by atoms with van der Waals surface area (Å²) in [6.45, 7) is 0.265. The molecule has 3 aromatic rings. The molecule has 0 aliphatic rings. The van der Waals surface area contributed by atoms with Crippen molar-refractivity contribution in [2.24, 2.45) is 0 Å². The van der Waals surface area contributed by atoms with Crippen LogP contribution in [0.3, 0.4) is 0 Å². The van der Waals surface area contributed by atoms with E-state index in [9.17, 15) is 14.9 Å². The van der Waals surface area contributed by atoms with Crippen LogP contribution in [0.1, 0.15) is 15.2 Å². The summed E-state index contributed by atoms with van der Waals surface area (Å²) in [4.78, 5) is 23.1. The maximum atomic E-state index is 12.4. The minimum absolute atomic E-state index is 0.00869. The molecule has 0 aliphatic carbocycles. The van der Waals surface area contributed by atoms with Gasteiger partial charge in [0.2, 0.25) is 0 Å². The number of thiophene rings is 1. The maximum Gasteiger partial charge on any atom is 0.269 e. The number of nitro groups is 1. The third kappa shape index (κ3) is 4.83. The Morgan fingerprint density at radius 3 is 2.63 bits per heavy atom. The molecule has 0 atom stereocenters. The van der Waals surface area contributed by atoms with Crippen LogP contribution in [0.15, 0.2) is 60.0 Å². The molecule has 1 N–H and O–H groups in total. The number of nitro benzene ring substituents is 1. The number of hydrogen-bond acceptors (Lipinski definition) is 6. The standard InChI is InChI=1S/C19H16N2O5S/c1-25-17-4-2-3-14(10-17)20-19(22)18-9-13(12-27-18)11-26-16-7-5-15(6-8-16)21(23)24/h2-10,12H,11H2,1H3,(H,20,22). The lowest BCUT2D eigenvalue weighted by Crippen LogP contribution is -2.10. The highest BCUT2D eigenvalue weighted by molar-refractivity contribution is 7.12. The molecule has 1 amide bonds. The first-order valence-corrected chi connectivity index (χ1v) is 8.83. The van der Waals surface area contributed by atoms with Crippen molar-refractivity contribution in [3.8, 4) is 11.5 Å². The van der Waals surface area contributed by atoms with Crippen molar-refractivity contribution < 1.29 is 19.2 Å². The van der Waals surface area contributed by atoms with Gasteiger partial charge in [-0.1, -0.05) is 6.07 Å². The molecule has 0 unspecified atom stereocenters. The van der Waals surface area contributed by atoms with Crippen molar-refractivity contribution in [3.63, 3.8) is 0 Å². The zero-order chi connectivity index (χ0) is 19.2. The number of carbonyl (C=O) groups is 1. The summed E-state index contributed by atoms with van der Waals surface area (Å²) in [6, 6.07) is 14.7. The van der Waals surface area contributed by atoms with Crippen LogP contribution in [0.25, 0.3) is 0 Å². The predicted molar refractivity (Wildman–Crippen MR) is 103 cm³/mol. The van der Waals surface area contributed by atoms with Crippen molar-refractivity contribution >= 4 is 28.6 Å². The van der Waals surface area contributed by atoms with Crippen molar-refractivity contribution in [1.29, 1.82) is 0 Å². The van der Waals surface area contributed by atoms with Gasteiger partial charge in [0.1, 0.15) is 18.1 Å². The number of rotatable bonds is 7. The molecule has 3 rings (SSSR count). The summed E-state index contributed by atoms with van der Waals surface area (Å²) in [7, 11) is 1.57. The van der Waals surface area contributed by atoms with Gasteiger partial charge in [-0.2, -0.15) is 0 Å². The average Bonchev–Trinajstić information content (AvgIpc) is 3.16. The van der Waals surface area contributed by atoms with E-state index in [2.05, 4.69) is 5.32 Å². The Labute approximate surface area is 159 Å². The summed E-state index contributed by atoms with van der Waals surface area (Å²) in [6.07, 6.45) is 0. The van der Waals surface area contributed by atoms with Gasteiger partial charge in [-0.25, -0.2) is 0 Å². The highest BCUT2D eigenvalue weighted by Crippen LogP contribution is 2.22. The van der Waals surface area contributed by atoms with E-state index in [-0.39, 0.29) is 18.2 Å². The minimum atomic E-state index is -0.462. The second-order valence-corrected chi connectivity index (χ2v) is 6.46. The molecule has 0 radical (unpaired) electrons. The van der Waals surface area contributed by atoms with Crippen LogP contribution in [-0.4, -0.2) is 17.9 Å². The molecule has 138 valence electrons. The Morgan fingerprint density at radius 2 is 1.93 bits per heavy atom. The largest absolute Gasteiger partial charge is 0.497 e. The van der Waals surface area contributed by atoms with Crippen LogP contribution in [0.5, 0.6) is 11.5 Å². The normalized spacial score (nSPS) is 10.3. The summed E-state index contributed by atoms with van der Waals surface area (Å²) >= 11 is 1.32. The van der Waals surface area contributed by atoms with Crippen molar-refractivity contribution in [3.05, 3.63) is 80.5 Å². The Bertz CT molecular complexity index is 953. The highest BCUT2D eigenvalue weighted by Gasteiger charge is 2.11. The van der Waals surface area contributed by atoms with E-state index in [1.165, 1.54) is 23.5 Å². The SMILES string of the molecule is COc1cccc(NC(=O)c2cc(COc3ccc([N+](=O)[O-])cc3)cs2)c1. The molecule has 7 nitrogen and oxygen atoms in total. The van der Waals surface area contributed by atoms with Crippen LogP contribution in [0, 0.1) is 10.1 Å². The fraction of sp³-hybridized carbons (Fsp3) is 0.105. The van der Waals surface area contributed by atoms with Gasteiger partial charge in [-0.15, -0.1) is 11.3 Å². The molecule has 8 heteroatoms. The second kappa shape index (κ2) is 8.33. The van der Waals surface area contributed by atoms with Gasteiger partial charge in [-0.05, 0) is 35.7 Å². The third-order valence-corrected chi connectivity index (χ3v) is 4.64. The van der Waals surface area contributed by atoms with Crippen LogP contribution in [-0.2, 0) is 6.61 Å². The number of amides is 1. The zero-order valence-corrected chi connectivity index (χ0v) is 15.2. The molecular weight excluding hydrogens is 368 g/mol. The van der Waals surface area contributed by atoms with Gasteiger partial charge >= 0.3 is 0 Å². The molecule has 27 heavy (non-hydrogen) atoms. The molecule has 1 aromatic heterocycles. The fourth-order valence-electron chi connectivity index (χ4n) is 2.29. The quantitative estimate of drug-likeness (QED) is 0.478. The number of nitrogens with zero attached hydrogens (tertiary/aromatic N) is 1. The Balaban J connectivity index is 1.58. The number of carbonyl (C=O) groups excluding carboxylic acids is 1. The molecule has 0 saturated heterocycles. The lowest BCUT2D eigenvalue weighted by molar-refractivity contribution is -0.384. The first-order valence-electron chi connectivity index (χ1n) is 7.95. The van der Waals surface area contributed by atoms with E-state index >= 15 is 0 Å². The molecular formula is C19H16N2O5S. The first kappa shape index (κ1) is 18.4. The monoisotopic (exact) mass is 384 g/mol.